The van der Waals surface area contributed by atoms with E-state index in [1.54, 1.807) is 60.7 Å². The van der Waals surface area contributed by atoms with Crippen molar-refractivity contribution in [2.24, 2.45) is 0 Å². The molecule has 1 aliphatic rings. The Morgan fingerprint density at radius 2 is 1.54 bits per heavy atom. The van der Waals surface area contributed by atoms with Crippen LogP contribution in [-0.2, 0) is 26.2 Å². The second-order valence-electron chi connectivity index (χ2n) is 10.3. The van der Waals surface area contributed by atoms with E-state index in [2.05, 4.69) is 0 Å². The third-order valence-corrected chi connectivity index (χ3v) is 6.77. The summed E-state index contributed by atoms with van der Waals surface area (Å²) in [5, 5.41) is 20.8. The van der Waals surface area contributed by atoms with Crippen LogP contribution in [0.15, 0.2) is 72.3 Å². The van der Waals surface area contributed by atoms with E-state index in [0.29, 0.717) is 33.9 Å². The maximum Gasteiger partial charge on any atom is 0.307 e. The lowest BCUT2D eigenvalue weighted by Gasteiger charge is -2.26. The van der Waals surface area contributed by atoms with Crippen LogP contribution in [0.2, 0.25) is 0 Å². The summed E-state index contributed by atoms with van der Waals surface area (Å²) in [7, 11) is 3.01. The molecule has 0 saturated carbocycles. The molecule has 39 heavy (non-hydrogen) atoms. The molecule has 1 amide bonds. The lowest BCUT2D eigenvalue weighted by molar-refractivity contribution is -0.136. The Kier molecular flexibility index (Phi) is 7.49. The van der Waals surface area contributed by atoms with Crippen molar-refractivity contribution < 1.29 is 34.1 Å². The van der Waals surface area contributed by atoms with Crippen molar-refractivity contribution in [1.82, 2.24) is 0 Å². The number of ether oxygens (including phenoxy) is 2. The number of amides is 1. The van der Waals surface area contributed by atoms with Crippen molar-refractivity contribution in [2.75, 3.05) is 19.1 Å². The third kappa shape index (κ3) is 5.36. The molecule has 3 aromatic carbocycles. The summed E-state index contributed by atoms with van der Waals surface area (Å²) in [4.78, 5) is 39.5. The highest BCUT2D eigenvalue weighted by atomic mass is 16.5. The highest BCUT2D eigenvalue weighted by Crippen LogP contribution is 2.44. The van der Waals surface area contributed by atoms with Gasteiger partial charge in [-0.25, -0.2) is 0 Å². The van der Waals surface area contributed by atoms with Crippen LogP contribution in [0.5, 0.6) is 11.5 Å². The first-order chi connectivity index (χ1) is 18.5. The molecular weight excluding hydrogens is 498 g/mol. The van der Waals surface area contributed by atoms with Crippen molar-refractivity contribution >= 4 is 29.1 Å². The van der Waals surface area contributed by atoms with E-state index < -0.39 is 23.7 Å². The van der Waals surface area contributed by atoms with Gasteiger partial charge in [0.05, 0.1) is 37.8 Å². The number of Topliss-reactive ketones (excluding diaryl/α,β-unsaturated/α-hetero) is 1. The van der Waals surface area contributed by atoms with Gasteiger partial charge in [-0.2, -0.15) is 0 Å². The largest absolute Gasteiger partial charge is 0.507 e. The van der Waals surface area contributed by atoms with Gasteiger partial charge in [-0.15, -0.1) is 0 Å². The van der Waals surface area contributed by atoms with Crippen LogP contribution in [0.1, 0.15) is 49.1 Å². The zero-order chi connectivity index (χ0) is 28.5. The van der Waals surface area contributed by atoms with Gasteiger partial charge in [0.25, 0.3) is 11.7 Å². The highest BCUT2D eigenvalue weighted by molar-refractivity contribution is 6.51. The molecule has 0 radical (unpaired) electrons. The van der Waals surface area contributed by atoms with Crippen molar-refractivity contribution in [2.45, 2.75) is 38.6 Å². The number of anilines is 1. The van der Waals surface area contributed by atoms with Gasteiger partial charge in [0.1, 0.15) is 17.3 Å². The summed E-state index contributed by atoms with van der Waals surface area (Å²) in [5.41, 5.74) is 2.41. The number of hydrogen-bond acceptors (Lipinski definition) is 6. The number of aliphatic carboxylic acids is 1. The number of ketones is 1. The molecular formula is C31H31NO7. The summed E-state index contributed by atoms with van der Waals surface area (Å²) in [6.45, 7) is 6.09. The van der Waals surface area contributed by atoms with Crippen LogP contribution < -0.4 is 14.4 Å². The molecule has 8 heteroatoms. The van der Waals surface area contributed by atoms with E-state index >= 15 is 0 Å². The Morgan fingerprint density at radius 3 is 2.08 bits per heavy atom. The third-order valence-electron chi connectivity index (χ3n) is 6.77. The van der Waals surface area contributed by atoms with E-state index in [-0.39, 0.29) is 23.2 Å². The Balaban J connectivity index is 1.94. The van der Waals surface area contributed by atoms with Gasteiger partial charge in [0.15, 0.2) is 0 Å². The van der Waals surface area contributed by atoms with Crippen LogP contribution in [0.4, 0.5) is 5.69 Å². The Morgan fingerprint density at radius 1 is 0.897 bits per heavy atom. The van der Waals surface area contributed by atoms with E-state index in [0.717, 1.165) is 5.56 Å². The SMILES string of the molecule is COc1ccc(C2/C(=C(\O)c3cc(C(C)(C)C)ccc3OC)C(=O)C(=O)N2c2ccc(CC(=O)O)cc2)cc1. The molecule has 1 heterocycles. The van der Waals surface area contributed by atoms with Gasteiger partial charge < -0.3 is 19.7 Å². The Bertz CT molecular complexity index is 1450. The number of hydrogen-bond donors (Lipinski definition) is 2. The fourth-order valence-corrected chi connectivity index (χ4v) is 4.65. The van der Waals surface area contributed by atoms with Gasteiger partial charge >= 0.3 is 5.97 Å². The topological polar surface area (TPSA) is 113 Å². The molecule has 2 N–H and O–H groups in total. The monoisotopic (exact) mass is 529 g/mol. The maximum absolute atomic E-state index is 13.6. The van der Waals surface area contributed by atoms with Crippen LogP contribution in [0, 0.1) is 0 Å². The number of rotatable bonds is 7. The predicted molar refractivity (Wildman–Crippen MR) is 147 cm³/mol. The van der Waals surface area contributed by atoms with Crippen molar-refractivity contribution in [3.8, 4) is 11.5 Å². The molecule has 1 saturated heterocycles. The fraction of sp³-hybridized carbons (Fsp3) is 0.258. The van der Waals surface area contributed by atoms with Gasteiger partial charge in [0, 0.05) is 5.69 Å². The molecule has 3 aromatic rings. The summed E-state index contributed by atoms with van der Waals surface area (Å²) >= 11 is 0. The molecule has 0 bridgehead atoms. The summed E-state index contributed by atoms with van der Waals surface area (Å²) in [6, 6.07) is 17.7. The lowest BCUT2D eigenvalue weighted by Crippen LogP contribution is -2.29. The number of methoxy groups -OCH3 is 2. The van der Waals surface area contributed by atoms with Crippen LogP contribution >= 0.6 is 0 Å². The predicted octanol–water partition coefficient (Wildman–Crippen LogP) is 5.25. The molecule has 1 unspecified atom stereocenters. The number of carbonyl (C=O) groups is 3. The van der Waals surface area contributed by atoms with Gasteiger partial charge in [-0.1, -0.05) is 51.1 Å². The minimum atomic E-state index is -0.979. The lowest BCUT2D eigenvalue weighted by atomic mass is 9.85. The summed E-state index contributed by atoms with van der Waals surface area (Å²) < 4.78 is 10.8. The van der Waals surface area contributed by atoms with Gasteiger partial charge in [0.2, 0.25) is 0 Å². The number of carboxylic acids is 1. The molecule has 0 aliphatic carbocycles. The molecule has 1 atom stereocenters. The van der Waals surface area contributed by atoms with Crippen LogP contribution in [0.25, 0.3) is 5.76 Å². The first-order valence-electron chi connectivity index (χ1n) is 12.4. The second-order valence-corrected chi connectivity index (χ2v) is 10.3. The molecule has 4 rings (SSSR count). The molecule has 202 valence electrons. The number of carbonyl (C=O) groups excluding carboxylic acids is 2. The molecule has 8 nitrogen and oxygen atoms in total. The normalized spacial score (nSPS) is 16.8. The average molecular weight is 530 g/mol. The van der Waals surface area contributed by atoms with Crippen LogP contribution in [-0.4, -0.2) is 42.1 Å². The smallest absolute Gasteiger partial charge is 0.307 e. The van der Waals surface area contributed by atoms with Gasteiger partial charge in [-0.05, 0) is 58.5 Å². The molecule has 0 spiro atoms. The Hall–Kier alpha value is -4.59. The zero-order valence-corrected chi connectivity index (χ0v) is 22.5. The maximum atomic E-state index is 13.6. The number of aliphatic hydroxyl groups is 1. The highest BCUT2D eigenvalue weighted by Gasteiger charge is 2.47. The van der Waals surface area contributed by atoms with Gasteiger partial charge in [-0.3, -0.25) is 19.3 Å². The first-order valence-corrected chi connectivity index (χ1v) is 12.4. The number of nitrogens with zero attached hydrogens (tertiary/aromatic N) is 1. The zero-order valence-electron chi connectivity index (χ0n) is 22.5. The standard InChI is InChI=1S/C31H31NO7/c1-31(2,3)20-10-15-24(39-5)23(17-20)28(35)26-27(19-8-13-22(38-4)14-9-19)32(30(37)29(26)36)21-11-6-18(7-12-21)16-25(33)34/h6-15,17,27,35H,16H2,1-5H3,(H,33,34)/b28-26+. The average Bonchev–Trinajstić information content (AvgIpc) is 3.17. The minimum Gasteiger partial charge on any atom is -0.507 e. The van der Waals surface area contributed by atoms with Crippen molar-refractivity contribution in [3.63, 3.8) is 0 Å². The van der Waals surface area contributed by atoms with E-state index in [1.807, 2.05) is 26.8 Å². The quantitative estimate of drug-likeness (QED) is 0.244. The van der Waals surface area contributed by atoms with Crippen molar-refractivity contribution in [3.05, 3.63) is 94.6 Å². The van der Waals surface area contributed by atoms with Crippen LogP contribution in [0.3, 0.4) is 0 Å². The molecule has 1 fully saturated rings. The number of aliphatic hydroxyl groups excluding tert-OH is 1. The van der Waals surface area contributed by atoms with E-state index in [9.17, 15) is 19.5 Å². The summed E-state index contributed by atoms with van der Waals surface area (Å²) in [6.07, 6.45) is -0.176. The minimum absolute atomic E-state index is 0.0795. The van der Waals surface area contributed by atoms with E-state index in [4.69, 9.17) is 14.6 Å². The number of carboxylic acid groups (broad SMARTS) is 1. The Labute approximate surface area is 227 Å². The van der Waals surface area contributed by atoms with E-state index in [1.165, 1.54) is 19.1 Å². The number of benzene rings is 3. The van der Waals surface area contributed by atoms with Crippen molar-refractivity contribution in [1.29, 1.82) is 0 Å². The first kappa shape index (κ1) is 27.4. The second kappa shape index (κ2) is 10.6. The molecule has 1 aliphatic heterocycles. The molecule has 0 aromatic heterocycles. The fourth-order valence-electron chi connectivity index (χ4n) is 4.65. The summed E-state index contributed by atoms with van der Waals surface area (Å²) in [5.74, 6) is -2.03.